The SMILES string of the molecule is CC(C)CC(N)C(=O)NC(CCC(=O)O)C(=O)NC(Cc1cnc[nH]1)C(=O)NCC(=O)O. The van der Waals surface area contributed by atoms with Crippen LogP contribution in [0.4, 0.5) is 0 Å². The van der Waals surface area contributed by atoms with Crippen LogP contribution in [0.5, 0.6) is 0 Å². The monoisotopic (exact) mass is 454 g/mol. The first kappa shape index (κ1) is 26.6. The van der Waals surface area contributed by atoms with Gasteiger partial charge in [-0.25, -0.2) is 4.98 Å². The van der Waals surface area contributed by atoms with E-state index >= 15 is 0 Å². The lowest BCUT2D eigenvalue weighted by atomic mass is 10.0. The van der Waals surface area contributed by atoms with Gasteiger partial charge in [0.2, 0.25) is 17.7 Å². The van der Waals surface area contributed by atoms with E-state index in [9.17, 15) is 24.0 Å². The average Bonchev–Trinajstić information content (AvgIpc) is 3.20. The van der Waals surface area contributed by atoms with Crippen LogP contribution in [-0.4, -0.2) is 74.5 Å². The van der Waals surface area contributed by atoms with Gasteiger partial charge in [0.25, 0.3) is 0 Å². The van der Waals surface area contributed by atoms with Gasteiger partial charge in [-0.05, 0) is 18.8 Å². The first-order valence-electron chi connectivity index (χ1n) is 10.0. The zero-order valence-corrected chi connectivity index (χ0v) is 18.0. The number of carbonyl (C=O) groups is 5. The molecule has 178 valence electrons. The molecule has 1 heterocycles. The summed E-state index contributed by atoms with van der Waals surface area (Å²) in [5.74, 6) is -4.50. The van der Waals surface area contributed by atoms with Crippen LogP contribution >= 0.6 is 0 Å². The number of H-pyrrole nitrogens is 1. The topological polar surface area (TPSA) is 217 Å². The molecule has 3 atom stereocenters. The minimum Gasteiger partial charge on any atom is -0.481 e. The number of carbonyl (C=O) groups excluding carboxylic acids is 3. The van der Waals surface area contributed by atoms with Crippen LogP contribution in [0.1, 0.15) is 38.8 Å². The molecular formula is C19H30N6O7. The predicted octanol–water partition coefficient (Wildman–Crippen LogP) is -1.64. The highest BCUT2D eigenvalue weighted by atomic mass is 16.4. The molecule has 0 aliphatic rings. The molecule has 0 spiro atoms. The number of aliphatic carboxylic acids is 2. The number of carboxylic acids is 2. The Labute approximate surface area is 184 Å². The lowest BCUT2D eigenvalue weighted by Gasteiger charge is -2.24. The molecule has 1 rings (SSSR count). The van der Waals surface area contributed by atoms with Crippen molar-refractivity contribution in [2.45, 2.75) is 57.7 Å². The van der Waals surface area contributed by atoms with E-state index in [4.69, 9.17) is 15.9 Å². The van der Waals surface area contributed by atoms with E-state index in [2.05, 4.69) is 25.9 Å². The molecule has 13 heteroatoms. The number of imidazole rings is 1. The number of nitrogens with two attached hydrogens (primary N) is 1. The van der Waals surface area contributed by atoms with Crippen molar-refractivity contribution in [3.05, 3.63) is 18.2 Å². The number of rotatable bonds is 14. The standard InChI is InChI=1S/C19H30N6O7/c1-10(2)5-12(20)17(30)24-13(3-4-15(26)27)19(32)25-14(6-11-7-21-9-23-11)18(31)22-8-16(28)29/h7,9-10,12-14H,3-6,8,20H2,1-2H3,(H,21,23)(H,22,31)(H,24,30)(H,25,32)(H,26,27)(H,28,29). The highest BCUT2D eigenvalue weighted by molar-refractivity contribution is 5.94. The fourth-order valence-corrected chi connectivity index (χ4v) is 2.81. The Morgan fingerprint density at radius 1 is 1.03 bits per heavy atom. The van der Waals surface area contributed by atoms with Crippen molar-refractivity contribution in [1.29, 1.82) is 0 Å². The minimum atomic E-state index is -1.27. The van der Waals surface area contributed by atoms with Gasteiger partial charge < -0.3 is 36.9 Å². The van der Waals surface area contributed by atoms with Crippen molar-refractivity contribution in [3.63, 3.8) is 0 Å². The Balaban J connectivity index is 2.95. The normalized spacial score (nSPS) is 13.6. The molecular weight excluding hydrogens is 424 g/mol. The lowest BCUT2D eigenvalue weighted by Crippen LogP contribution is -2.56. The van der Waals surface area contributed by atoms with Crippen molar-refractivity contribution in [1.82, 2.24) is 25.9 Å². The van der Waals surface area contributed by atoms with Gasteiger partial charge in [0.1, 0.15) is 18.6 Å². The highest BCUT2D eigenvalue weighted by Crippen LogP contribution is 2.06. The summed E-state index contributed by atoms with van der Waals surface area (Å²) in [6.45, 7) is 3.09. The summed E-state index contributed by atoms with van der Waals surface area (Å²) >= 11 is 0. The molecule has 1 aromatic rings. The molecule has 3 unspecified atom stereocenters. The molecule has 32 heavy (non-hydrogen) atoms. The third-order valence-corrected chi connectivity index (χ3v) is 4.37. The van der Waals surface area contributed by atoms with Gasteiger partial charge in [0.15, 0.2) is 0 Å². The van der Waals surface area contributed by atoms with Gasteiger partial charge >= 0.3 is 11.9 Å². The van der Waals surface area contributed by atoms with E-state index < -0.39 is 60.8 Å². The summed E-state index contributed by atoms with van der Waals surface area (Å²) in [4.78, 5) is 66.0. The molecule has 0 saturated carbocycles. The molecule has 0 aliphatic heterocycles. The number of aromatic amines is 1. The van der Waals surface area contributed by atoms with Gasteiger partial charge in [-0.2, -0.15) is 0 Å². The number of nitrogens with zero attached hydrogens (tertiary/aromatic N) is 1. The summed E-state index contributed by atoms with van der Waals surface area (Å²) < 4.78 is 0. The zero-order chi connectivity index (χ0) is 24.3. The Kier molecular flexibility index (Phi) is 10.8. The summed E-state index contributed by atoms with van der Waals surface area (Å²) in [7, 11) is 0. The number of nitrogens with one attached hydrogen (secondary N) is 4. The smallest absolute Gasteiger partial charge is 0.322 e. The van der Waals surface area contributed by atoms with E-state index in [1.54, 1.807) is 0 Å². The van der Waals surface area contributed by atoms with Crippen LogP contribution in [0.3, 0.4) is 0 Å². The molecule has 3 amide bonds. The lowest BCUT2D eigenvalue weighted by molar-refractivity contribution is -0.138. The Bertz CT molecular complexity index is 796. The number of amides is 3. The van der Waals surface area contributed by atoms with Crippen molar-refractivity contribution < 1.29 is 34.2 Å². The van der Waals surface area contributed by atoms with E-state index in [1.165, 1.54) is 12.5 Å². The van der Waals surface area contributed by atoms with Gasteiger partial charge in [0.05, 0.1) is 12.4 Å². The first-order chi connectivity index (χ1) is 15.0. The predicted molar refractivity (Wildman–Crippen MR) is 111 cm³/mol. The van der Waals surface area contributed by atoms with Crippen molar-refractivity contribution in [2.75, 3.05) is 6.54 Å². The quantitative estimate of drug-likeness (QED) is 0.171. The summed E-state index contributed by atoms with van der Waals surface area (Å²) in [5, 5.41) is 24.8. The van der Waals surface area contributed by atoms with Crippen LogP contribution in [0.15, 0.2) is 12.5 Å². The first-order valence-corrected chi connectivity index (χ1v) is 10.0. The number of hydrogen-bond donors (Lipinski definition) is 7. The van der Waals surface area contributed by atoms with E-state index in [0.29, 0.717) is 12.1 Å². The number of aromatic nitrogens is 2. The van der Waals surface area contributed by atoms with Crippen LogP contribution in [0.25, 0.3) is 0 Å². The third kappa shape index (κ3) is 10.0. The van der Waals surface area contributed by atoms with Gasteiger partial charge in [-0.3, -0.25) is 24.0 Å². The maximum atomic E-state index is 12.8. The Hall–Kier alpha value is -3.48. The van der Waals surface area contributed by atoms with Crippen molar-refractivity contribution >= 4 is 29.7 Å². The summed E-state index contributed by atoms with van der Waals surface area (Å²) in [6, 6.07) is -3.35. The summed E-state index contributed by atoms with van der Waals surface area (Å²) in [5.41, 5.74) is 6.33. The van der Waals surface area contributed by atoms with Gasteiger partial charge in [-0.1, -0.05) is 13.8 Å². The number of carboxylic acid groups (broad SMARTS) is 2. The van der Waals surface area contributed by atoms with Crippen molar-refractivity contribution in [2.24, 2.45) is 11.7 Å². The zero-order valence-electron chi connectivity index (χ0n) is 18.0. The molecule has 13 nitrogen and oxygen atoms in total. The molecule has 8 N–H and O–H groups in total. The van der Waals surface area contributed by atoms with Crippen molar-refractivity contribution in [3.8, 4) is 0 Å². The Morgan fingerprint density at radius 3 is 2.22 bits per heavy atom. The fraction of sp³-hybridized carbons (Fsp3) is 0.579. The second-order valence-electron chi connectivity index (χ2n) is 7.68. The van der Waals surface area contributed by atoms with Crippen LogP contribution in [0, 0.1) is 5.92 Å². The molecule has 1 aromatic heterocycles. The number of hydrogen-bond acceptors (Lipinski definition) is 7. The maximum absolute atomic E-state index is 12.8. The minimum absolute atomic E-state index is 0.0380. The van der Waals surface area contributed by atoms with Gasteiger partial charge in [0, 0.05) is 24.7 Å². The van der Waals surface area contributed by atoms with E-state index in [-0.39, 0.29) is 18.8 Å². The van der Waals surface area contributed by atoms with E-state index in [1.807, 2.05) is 13.8 Å². The molecule has 0 radical (unpaired) electrons. The highest BCUT2D eigenvalue weighted by Gasteiger charge is 2.29. The second kappa shape index (κ2) is 13.0. The van der Waals surface area contributed by atoms with Gasteiger partial charge in [-0.15, -0.1) is 0 Å². The Morgan fingerprint density at radius 2 is 1.69 bits per heavy atom. The van der Waals surface area contributed by atoms with Crippen LogP contribution in [0.2, 0.25) is 0 Å². The maximum Gasteiger partial charge on any atom is 0.322 e. The van der Waals surface area contributed by atoms with E-state index in [0.717, 1.165) is 0 Å². The fourth-order valence-electron chi connectivity index (χ4n) is 2.81. The summed E-state index contributed by atoms with van der Waals surface area (Å²) in [6.07, 6.45) is 2.49. The van der Waals surface area contributed by atoms with Crippen LogP contribution in [-0.2, 0) is 30.4 Å². The largest absolute Gasteiger partial charge is 0.481 e. The molecule has 0 bridgehead atoms. The van der Waals surface area contributed by atoms with Crippen LogP contribution < -0.4 is 21.7 Å². The third-order valence-electron chi connectivity index (χ3n) is 4.37. The average molecular weight is 454 g/mol. The molecule has 0 aromatic carbocycles. The molecule has 0 saturated heterocycles. The molecule has 0 aliphatic carbocycles. The second-order valence-corrected chi connectivity index (χ2v) is 7.68. The molecule has 0 fully saturated rings.